The molecule has 0 saturated heterocycles. The molecular formula is C25H23N3O3S. The molecule has 1 N–H and O–H groups in total. The molecule has 32 heavy (non-hydrogen) atoms. The summed E-state index contributed by atoms with van der Waals surface area (Å²) in [5.74, 6) is 1.04. The van der Waals surface area contributed by atoms with Crippen LogP contribution in [0.5, 0.6) is 5.75 Å². The van der Waals surface area contributed by atoms with Gasteiger partial charge in [0.2, 0.25) is 11.8 Å². The summed E-state index contributed by atoms with van der Waals surface area (Å²) in [7, 11) is 0. The number of amides is 1. The highest BCUT2D eigenvalue weighted by Crippen LogP contribution is 2.30. The van der Waals surface area contributed by atoms with Crippen molar-refractivity contribution in [1.29, 1.82) is 0 Å². The van der Waals surface area contributed by atoms with Crippen molar-refractivity contribution in [3.8, 4) is 28.3 Å². The van der Waals surface area contributed by atoms with Gasteiger partial charge in [-0.05, 0) is 49.7 Å². The maximum absolute atomic E-state index is 12.8. The molecule has 4 rings (SSSR count). The van der Waals surface area contributed by atoms with Gasteiger partial charge in [0.25, 0.3) is 5.22 Å². The van der Waals surface area contributed by atoms with Crippen LogP contribution in [0.4, 0.5) is 5.69 Å². The van der Waals surface area contributed by atoms with Crippen molar-refractivity contribution in [1.82, 2.24) is 10.2 Å². The van der Waals surface area contributed by atoms with E-state index in [2.05, 4.69) is 15.5 Å². The largest absolute Gasteiger partial charge is 0.494 e. The summed E-state index contributed by atoms with van der Waals surface area (Å²) >= 11 is 1.22. The van der Waals surface area contributed by atoms with Crippen molar-refractivity contribution in [2.75, 3.05) is 11.9 Å². The zero-order valence-electron chi connectivity index (χ0n) is 17.8. The van der Waals surface area contributed by atoms with Gasteiger partial charge < -0.3 is 14.5 Å². The molecule has 6 nitrogen and oxygen atoms in total. The highest BCUT2D eigenvalue weighted by Gasteiger charge is 2.20. The molecular weight excluding hydrogens is 422 g/mol. The lowest BCUT2D eigenvalue weighted by atomic mass is 10.0. The molecule has 1 heterocycles. The second kappa shape index (κ2) is 10.2. The number of aromatic nitrogens is 2. The Morgan fingerprint density at radius 3 is 2.44 bits per heavy atom. The van der Waals surface area contributed by atoms with Crippen LogP contribution in [0.25, 0.3) is 22.6 Å². The molecule has 0 saturated carbocycles. The summed E-state index contributed by atoms with van der Waals surface area (Å²) in [5, 5.41) is 11.1. The SMILES string of the molecule is CCOc1ccc(-c2nnc(S[C@H](C)C(=O)Nc3ccccc3-c3ccccc3)o2)cc1. The third-order valence-electron chi connectivity index (χ3n) is 4.74. The molecule has 7 heteroatoms. The van der Waals surface area contributed by atoms with E-state index in [1.807, 2.05) is 92.7 Å². The summed E-state index contributed by atoms with van der Waals surface area (Å²) in [6, 6.07) is 25.1. The van der Waals surface area contributed by atoms with E-state index >= 15 is 0 Å². The Morgan fingerprint density at radius 1 is 0.969 bits per heavy atom. The topological polar surface area (TPSA) is 77.2 Å². The molecule has 0 bridgehead atoms. The summed E-state index contributed by atoms with van der Waals surface area (Å²) in [6.07, 6.45) is 0. The van der Waals surface area contributed by atoms with E-state index in [4.69, 9.17) is 9.15 Å². The lowest BCUT2D eigenvalue weighted by Crippen LogP contribution is -2.22. The Balaban J connectivity index is 1.42. The van der Waals surface area contributed by atoms with Crippen LogP contribution >= 0.6 is 11.8 Å². The van der Waals surface area contributed by atoms with Gasteiger partial charge in [0.1, 0.15) is 5.75 Å². The van der Waals surface area contributed by atoms with E-state index in [1.165, 1.54) is 11.8 Å². The van der Waals surface area contributed by atoms with Crippen LogP contribution in [0.15, 0.2) is 88.5 Å². The number of ether oxygens (including phenoxy) is 1. The van der Waals surface area contributed by atoms with E-state index < -0.39 is 5.25 Å². The fourth-order valence-corrected chi connectivity index (χ4v) is 3.82. The van der Waals surface area contributed by atoms with Gasteiger partial charge in [-0.3, -0.25) is 4.79 Å². The molecule has 0 spiro atoms. The first-order valence-electron chi connectivity index (χ1n) is 10.3. The fraction of sp³-hybridized carbons (Fsp3) is 0.160. The van der Waals surface area contributed by atoms with Crippen LogP contribution in [0.3, 0.4) is 0 Å². The Bertz CT molecular complexity index is 1180. The number of rotatable bonds is 8. The van der Waals surface area contributed by atoms with Gasteiger partial charge in [-0.1, -0.05) is 60.3 Å². The first kappa shape index (κ1) is 21.6. The normalized spacial score (nSPS) is 11.7. The lowest BCUT2D eigenvalue weighted by molar-refractivity contribution is -0.115. The molecule has 162 valence electrons. The first-order chi connectivity index (χ1) is 15.6. The van der Waals surface area contributed by atoms with E-state index in [0.717, 1.165) is 28.1 Å². The number of hydrogen-bond donors (Lipinski definition) is 1. The predicted molar refractivity (Wildman–Crippen MR) is 127 cm³/mol. The van der Waals surface area contributed by atoms with Gasteiger partial charge >= 0.3 is 0 Å². The Morgan fingerprint density at radius 2 is 1.69 bits per heavy atom. The van der Waals surface area contributed by atoms with Crippen LogP contribution in [-0.4, -0.2) is 28.0 Å². The molecule has 0 fully saturated rings. The second-order valence-electron chi connectivity index (χ2n) is 6.99. The first-order valence-corrected chi connectivity index (χ1v) is 11.2. The summed E-state index contributed by atoms with van der Waals surface area (Å²) in [6.45, 7) is 4.36. The Kier molecular flexibility index (Phi) is 6.87. The minimum absolute atomic E-state index is 0.140. The number of para-hydroxylation sites is 1. The van der Waals surface area contributed by atoms with Gasteiger partial charge in [-0.25, -0.2) is 0 Å². The minimum Gasteiger partial charge on any atom is -0.494 e. The van der Waals surface area contributed by atoms with Gasteiger partial charge in [-0.2, -0.15) is 0 Å². The third-order valence-corrected chi connectivity index (χ3v) is 5.67. The number of thioether (sulfide) groups is 1. The molecule has 0 aliphatic heterocycles. The quantitative estimate of drug-likeness (QED) is 0.339. The molecule has 0 aliphatic carbocycles. The van der Waals surface area contributed by atoms with Gasteiger partial charge in [-0.15, -0.1) is 10.2 Å². The van der Waals surface area contributed by atoms with Crippen molar-refractivity contribution in [3.63, 3.8) is 0 Å². The number of nitrogens with one attached hydrogen (secondary N) is 1. The molecule has 0 radical (unpaired) electrons. The average Bonchev–Trinajstić information content (AvgIpc) is 3.29. The van der Waals surface area contributed by atoms with Gasteiger partial charge in [0.15, 0.2) is 0 Å². The second-order valence-corrected chi connectivity index (χ2v) is 8.28. The number of hydrogen-bond acceptors (Lipinski definition) is 6. The van der Waals surface area contributed by atoms with Crippen LogP contribution in [0.1, 0.15) is 13.8 Å². The smallest absolute Gasteiger partial charge is 0.277 e. The maximum Gasteiger partial charge on any atom is 0.277 e. The van der Waals surface area contributed by atoms with Crippen LogP contribution in [0.2, 0.25) is 0 Å². The predicted octanol–water partition coefficient (Wildman–Crippen LogP) is 5.92. The van der Waals surface area contributed by atoms with Crippen molar-refractivity contribution < 1.29 is 13.9 Å². The minimum atomic E-state index is -0.424. The lowest BCUT2D eigenvalue weighted by Gasteiger charge is -2.14. The fourth-order valence-electron chi connectivity index (χ4n) is 3.14. The number of benzene rings is 3. The average molecular weight is 446 g/mol. The number of anilines is 1. The van der Waals surface area contributed by atoms with Crippen molar-refractivity contribution in [2.45, 2.75) is 24.3 Å². The zero-order valence-corrected chi connectivity index (χ0v) is 18.6. The molecule has 1 amide bonds. The molecule has 0 unspecified atom stereocenters. The Labute approximate surface area is 191 Å². The van der Waals surface area contributed by atoms with E-state index in [9.17, 15) is 4.79 Å². The van der Waals surface area contributed by atoms with E-state index in [-0.39, 0.29) is 5.91 Å². The number of nitrogens with zero attached hydrogens (tertiary/aromatic N) is 2. The van der Waals surface area contributed by atoms with Crippen molar-refractivity contribution in [3.05, 3.63) is 78.9 Å². The third kappa shape index (κ3) is 5.18. The van der Waals surface area contributed by atoms with Crippen molar-refractivity contribution in [2.24, 2.45) is 0 Å². The standard InChI is InChI=1S/C25H23N3O3S/c1-3-30-20-15-13-19(14-16-20)24-27-28-25(31-24)32-17(2)23(29)26-22-12-8-7-11-21(22)18-9-5-4-6-10-18/h4-17H,3H2,1-2H3,(H,26,29)/t17-/m1/s1. The van der Waals surface area contributed by atoms with E-state index in [1.54, 1.807) is 0 Å². The Hall–Kier alpha value is -3.58. The van der Waals surface area contributed by atoms with Crippen molar-refractivity contribution >= 4 is 23.4 Å². The number of carbonyl (C=O) groups excluding carboxylic acids is 1. The van der Waals surface area contributed by atoms with E-state index in [0.29, 0.717) is 17.7 Å². The highest BCUT2D eigenvalue weighted by molar-refractivity contribution is 8.00. The monoisotopic (exact) mass is 445 g/mol. The zero-order chi connectivity index (χ0) is 22.3. The molecule has 1 aromatic heterocycles. The summed E-state index contributed by atoms with van der Waals surface area (Å²) in [4.78, 5) is 12.8. The molecule has 3 aromatic carbocycles. The van der Waals surface area contributed by atoms with Gasteiger partial charge in [0, 0.05) is 16.8 Å². The maximum atomic E-state index is 12.8. The van der Waals surface area contributed by atoms with Gasteiger partial charge in [0.05, 0.1) is 11.9 Å². The molecule has 4 aromatic rings. The number of carbonyl (C=O) groups is 1. The highest BCUT2D eigenvalue weighted by atomic mass is 32.2. The van der Waals surface area contributed by atoms with Crippen LogP contribution in [0, 0.1) is 0 Å². The molecule has 0 aliphatic rings. The van der Waals surface area contributed by atoms with Crippen LogP contribution < -0.4 is 10.1 Å². The van der Waals surface area contributed by atoms with Crippen LogP contribution in [-0.2, 0) is 4.79 Å². The summed E-state index contributed by atoms with van der Waals surface area (Å²) < 4.78 is 11.2. The molecule has 1 atom stereocenters. The summed E-state index contributed by atoms with van der Waals surface area (Å²) in [5.41, 5.74) is 3.56.